The summed E-state index contributed by atoms with van der Waals surface area (Å²) in [6.45, 7) is 5.62. The van der Waals surface area contributed by atoms with Gasteiger partial charge in [0.05, 0.1) is 5.60 Å². The predicted molar refractivity (Wildman–Crippen MR) is 58.3 cm³/mol. The Balaban J connectivity index is 2.16. The molecule has 1 fully saturated rings. The van der Waals surface area contributed by atoms with Gasteiger partial charge < -0.3 is 9.84 Å². The van der Waals surface area contributed by atoms with Crippen molar-refractivity contribution in [3.05, 3.63) is 0 Å². The van der Waals surface area contributed by atoms with Gasteiger partial charge in [-0.1, -0.05) is 19.8 Å². The number of aliphatic hydroxyl groups is 1. The fourth-order valence-electron chi connectivity index (χ4n) is 2.28. The van der Waals surface area contributed by atoms with Crippen LogP contribution in [0.1, 0.15) is 52.4 Å². The van der Waals surface area contributed by atoms with Crippen molar-refractivity contribution in [3.63, 3.8) is 0 Å². The third-order valence-corrected chi connectivity index (χ3v) is 3.26. The molecule has 1 aliphatic carbocycles. The molecule has 0 aliphatic heterocycles. The quantitative estimate of drug-likeness (QED) is 0.668. The van der Waals surface area contributed by atoms with Gasteiger partial charge in [-0.25, -0.2) is 0 Å². The van der Waals surface area contributed by atoms with E-state index in [-0.39, 0.29) is 5.60 Å². The topological polar surface area (TPSA) is 29.5 Å². The van der Waals surface area contributed by atoms with E-state index in [0.717, 1.165) is 25.9 Å². The van der Waals surface area contributed by atoms with E-state index in [1.807, 2.05) is 0 Å². The summed E-state index contributed by atoms with van der Waals surface area (Å²) in [5.41, 5.74) is 0.0567. The van der Waals surface area contributed by atoms with Crippen molar-refractivity contribution in [2.45, 2.75) is 58.0 Å². The maximum atomic E-state index is 9.05. The number of rotatable bonds is 6. The van der Waals surface area contributed by atoms with Crippen molar-refractivity contribution in [3.8, 4) is 0 Å². The Morgan fingerprint density at radius 1 is 1.43 bits per heavy atom. The molecule has 2 nitrogen and oxygen atoms in total. The maximum absolute atomic E-state index is 9.05. The number of hydrogen-bond donors (Lipinski definition) is 1. The molecule has 0 spiro atoms. The molecule has 0 bridgehead atoms. The first-order valence-electron chi connectivity index (χ1n) is 5.95. The van der Waals surface area contributed by atoms with Gasteiger partial charge in [-0.05, 0) is 38.5 Å². The molecule has 0 amide bonds. The van der Waals surface area contributed by atoms with E-state index >= 15 is 0 Å². The molecule has 2 atom stereocenters. The van der Waals surface area contributed by atoms with Crippen LogP contribution in [-0.2, 0) is 4.74 Å². The maximum Gasteiger partial charge on any atom is 0.0658 e. The summed E-state index contributed by atoms with van der Waals surface area (Å²) < 4.78 is 5.91. The summed E-state index contributed by atoms with van der Waals surface area (Å²) >= 11 is 0. The van der Waals surface area contributed by atoms with E-state index in [0.29, 0.717) is 12.5 Å². The lowest BCUT2D eigenvalue weighted by Gasteiger charge is -2.24. The monoisotopic (exact) mass is 200 g/mol. The third-order valence-electron chi connectivity index (χ3n) is 3.26. The molecular formula is C12H24O2. The molecule has 1 aliphatic rings. The molecule has 0 aromatic heterocycles. The summed E-state index contributed by atoms with van der Waals surface area (Å²) in [6.07, 6.45) is 6.97. The zero-order valence-corrected chi connectivity index (χ0v) is 9.59. The van der Waals surface area contributed by atoms with Crippen LogP contribution in [0.4, 0.5) is 0 Å². The smallest absolute Gasteiger partial charge is 0.0658 e. The summed E-state index contributed by atoms with van der Waals surface area (Å²) in [5.74, 6) is 0.478. The normalized spacial score (nSPS) is 32.4. The Hall–Kier alpha value is -0.0800. The van der Waals surface area contributed by atoms with Crippen LogP contribution in [0, 0.1) is 5.92 Å². The first-order valence-corrected chi connectivity index (χ1v) is 5.95. The van der Waals surface area contributed by atoms with E-state index in [1.165, 1.54) is 19.3 Å². The van der Waals surface area contributed by atoms with Gasteiger partial charge in [0.2, 0.25) is 0 Å². The second kappa shape index (κ2) is 5.72. The van der Waals surface area contributed by atoms with Crippen LogP contribution in [0.25, 0.3) is 0 Å². The van der Waals surface area contributed by atoms with Gasteiger partial charge in [-0.3, -0.25) is 0 Å². The van der Waals surface area contributed by atoms with Crippen molar-refractivity contribution in [1.29, 1.82) is 0 Å². The molecular weight excluding hydrogens is 176 g/mol. The molecule has 14 heavy (non-hydrogen) atoms. The minimum atomic E-state index is 0.0567. The van der Waals surface area contributed by atoms with Crippen LogP contribution >= 0.6 is 0 Å². The van der Waals surface area contributed by atoms with Crippen LogP contribution in [-0.4, -0.2) is 23.9 Å². The van der Waals surface area contributed by atoms with E-state index in [9.17, 15) is 0 Å². The molecule has 2 unspecified atom stereocenters. The van der Waals surface area contributed by atoms with Gasteiger partial charge >= 0.3 is 0 Å². The van der Waals surface area contributed by atoms with E-state index in [2.05, 4.69) is 13.8 Å². The van der Waals surface area contributed by atoms with Crippen LogP contribution in [0.15, 0.2) is 0 Å². The van der Waals surface area contributed by atoms with Crippen LogP contribution in [0.3, 0.4) is 0 Å². The molecule has 0 aromatic carbocycles. The lowest BCUT2D eigenvalue weighted by Crippen LogP contribution is -2.26. The number of unbranched alkanes of at least 4 members (excludes halogenated alkanes) is 2. The van der Waals surface area contributed by atoms with Crippen LogP contribution in [0.2, 0.25) is 0 Å². The summed E-state index contributed by atoms with van der Waals surface area (Å²) in [7, 11) is 0. The number of ether oxygens (including phenoxy) is 1. The zero-order valence-electron chi connectivity index (χ0n) is 9.59. The lowest BCUT2D eigenvalue weighted by atomic mass is 10.0. The SMILES string of the molecule is CCCCCOC1(C)CCC(CO)C1. The Labute approximate surface area is 87.7 Å². The fraction of sp³-hybridized carbons (Fsp3) is 1.00. The lowest BCUT2D eigenvalue weighted by molar-refractivity contribution is -0.0320. The molecule has 0 heterocycles. The van der Waals surface area contributed by atoms with Crippen molar-refractivity contribution < 1.29 is 9.84 Å². The molecule has 2 heteroatoms. The second-order valence-corrected chi connectivity index (χ2v) is 4.80. The average Bonchev–Trinajstić information content (AvgIpc) is 2.56. The van der Waals surface area contributed by atoms with Crippen molar-refractivity contribution in [2.75, 3.05) is 13.2 Å². The van der Waals surface area contributed by atoms with Gasteiger partial charge in [0.1, 0.15) is 0 Å². The highest BCUT2D eigenvalue weighted by molar-refractivity contribution is 4.86. The molecule has 1 rings (SSSR count). The van der Waals surface area contributed by atoms with Gasteiger partial charge in [0, 0.05) is 13.2 Å². The highest BCUT2D eigenvalue weighted by Crippen LogP contribution is 2.36. The average molecular weight is 200 g/mol. The number of aliphatic hydroxyl groups excluding tert-OH is 1. The highest BCUT2D eigenvalue weighted by atomic mass is 16.5. The van der Waals surface area contributed by atoms with E-state index in [1.54, 1.807) is 0 Å². The Morgan fingerprint density at radius 2 is 2.21 bits per heavy atom. The van der Waals surface area contributed by atoms with E-state index in [4.69, 9.17) is 9.84 Å². The highest BCUT2D eigenvalue weighted by Gasteiger charge is 2.35. The number of hydrogen-bond acceptors (Lipinski definition) is 2. The predicted octanol–water partition coefficient (Wildman–Crippen LogP) is 2.74. The van der Waals surface area contributed by atoms with E-state index < -0.39 is 0 Å². The summed E-state index contributed by atoms with van der Waals surface area (Å²) in [5, 5.41) is 9.05. The third kappa shape index (κ3) is 3.58. The van der Waals surface area contributed by atoms with Gasteiger partial charge in [0.15, 0.2) is 0 Å². The molecule has 1 saturated carbocycles. The molecule has 1 N–H and O–H groups in total. The second-order valence-electron chi connectivity index (χ2n) is 4.80. The van der Waals surface area contributed by atoms with Crippen LogP contribution < -0.4 is 0 Å². The molecule has 0 radical (unpaired) electrons. The fourth-order valence-corrected chi connectivity index (χ4v) is 2.28. The minimum absolute atomic E-state index is 0.0567. The Kier molecular flexibility index (Phi) is 4.90. The van der Waals surface area contributed by atoms with Crippen molar-refractivity contribution >= 4 is 0 Å². The first-order chi connectivity index (χ1) is 6.70. The largest absolute Gasteiger partial charge is 0.396 e. The Bertz CT molecular complexity index is 158. The van der Waals surface area contributed by atoms with Crippen molar-refractivity contribution in [2.24, 2.45) is 5.92 Å². The Morgan fingerprint density at radius 3 is 2.79 bits per heavy atom. The summed E-state index contributed by atoms with van der Waals surface area (Å²) in [4.78, 5) is 0. The molecule has 0 aromatic rings. The van der Waals surface area contributed by atoms with Gasteiger partial charge in [0.25, 0.3) is 0 Å². The standard InChI is InChI=1S/C12H24O2/c1-3-4-5-8-14-12(2)7-6-11(9-12)10-13/h11,13H,3-10H2,1-2H3. The van der Waals surface area contributed by atoms with Gasteiger partial charge in [-0.2, -0.15) is 0 Å². The van der Waals surface area contributed by atoms with Gasteiger partial charge in [-0.15, -0.1) is 0 Å². The molecule has 0 saturated heterocycles. The van der Waals surface area contributed by atoms with Crippen LogP contribution in [0.5, 0.6) is 0 Å². The summed E-state index contributed by atoms with van der Waals surface area (Å²) in [6, 6.07) is 0. The first kappa shape index (κ1) is 12.0. The zero-order chi connectivity index (χ0) is 10.4. The minimum Gasteiger partial charge on any atom is -0.396 e. The van der Waals surface area contributed by atoms with Crippen molar-refractivity contribution in [1.82, 2.24) is 0 Å². The molecule has 84 valence electrons.